The zero-order chi connectivity index (χ0) is 14.9. The van der Waals surface area contributed by atoms with Gasteiger partial charge in [0.15, 0.2) is 0 Å². The molecule has 0 saturated carbocycles. The van der Waals surface area contributed by atoms with Gasteiger partial charge in [-0.1, -0.05) is 6.07 Å². The fourth-order valence-electron chi connectivity index (χ4n) is 2.28. The van der Waals surface area contributed by atoms with Crippen molar-refractivity contribution in [3.05, 3.63) is 53.1 Å². The fraction of sp³-hybridized carbons (Fsp3) is 0.357. The molecule has 0 bridgehead atoms. The molecule has 0 aliphatic carbocycles. The van der Waals surface area contributed by atoms with E-state index in [0.717, 1.165) is 17.3 Å². The van der Waals surface area contributed by atoms with Crippen molar-refractivity contribution in [3.63, 3.8) is 0 Å². The van der Waals surface area contributed by atoms with Crippen LogP contribution in [-0.4, -0.2) is 16.6 Å². The van der Waals surface area contributed by atoms with Crippen LogP contribution in [0.1, 0.15) is 28.4 Å². The second-order valence-electron chi connectivity index (χ2n) is 4.72. The van der Waals surface area contributed by atoms with Crippen LogP contribution in [0.2, 0.25) is 0 Å². The number of imidazole rings is 1. The van der Waals surface area contributed by atoms with E-state index in [1.165, 1.54) is 12.1 Å². The van der Waals surface area contributed by atoms with Crippen molar-refractivity contribution in [2.75, 3.05) is 7.05 Å². The number of hydrogen-bond acceptors (Lipinski definition) is 2. The maximum Gasteiger partial charge on any atom is 0.416 e. The van der Waals surface area contributed by atoms with E-state index in [1.54, 1.807) is 26.5 Å². The van der Waals surface area contributed by atoms with E-state index in [4.69, 9.17) is 0 Å². The van der Waals surface area contributed by atoms with Gasteiger partial charge < -0.3 is 9.88 Å². The van der Waals surface area contributed by atoms with Crippen LogP contribution in [0.15, 0.2) is 30.7 Å². The third-order valence-corrected chi connectivity index (χ3v) is 3.35. The molecule has 0 amide bonds. The second kappa shape index (κ2) is 5.28. The van der Waals surface area contributed by atoms with E-state index in [-0.39, 0.29) is 6.04 Å². The summed E-state index contributed by atoms with van der Waals surface area (Å²) in [5.41, 5.74) is 1.68. The summed E-state index contributed by atoms with van der Waals surface area (Å²) in [7, 11) is 3.63. The van der Waals surface area contributed by atoms with Gasteiger partial charge in [-0.2, -0.15) is 13.2 Å². The number of rotatable bonds is 3. The predicted octanol–water partition coefficient (Wildman–Crippen LogP) is 3.06. The summed E-state index contributed by atoms with van der Waals surface area (Å²) in [4.78, 5) is 4.05. The molecule has 1 heterocycles. The molecule has 1 aromatic heterocycles. The van der Waals surface area contributed by atoms with Crippen LogP contribution in [0.5, 0.6) is 0 Å². The Kier molecular flexibility index (Phi) is 3.85. The van der Waals surface area contributed by atoms with Gasteiger partial charge in [-0.25, -0.2) is 4.98 Å². The third-order valence-electron chi connectivity index (χ3n) is 3.35. The normalized spacial score (nSPS) is 13.5. The Labute approximate surface area is 115 Å². The van der Waals surface area contributed by atoms with E-state index >= 15 is 0 Å². The van der Waals surface area contributed by atoms with E-state index < -0.39 is 11.7 Å². The van der Waals surface area contributed by atoms with Crippen LogP contribution < -0.4 is 5.32 Å². The van der Waals surface area contributed by atoms with E-state index in [2.05, 4.69) is 10.3 Å². The number of aryl methyl sites for hydroxylation is 2. The predicted molar refractivity (Wildman–Crippen MR) is 70.3 cm³/mol. The Morgan fingerprint density at radius 3 is 2.45 bits per heavy atom. The van der Waals surface area contributed by atoms with Crippen molar-refractivity contribution < 1.29 is 13.2 Å². The van der Waals surface area contributed by atoms with Gasteiger partial charge in [0.05, 0.1) is 29.8 Å². The minimum atomic E-state index is -4.31. The van der Waals surface area contributed by atoms with Gasteiger partial charge in [-0.15, -0.1) is 0 Å². The van der Waals surface area contributed by atoms with Crippen molar-refractivity contribution in [1.29, 1.82) is 0 Å². The van der Waals surface area contributed by atoms with Crippen LogP contribution in [-0.2, 0) is 13.2 Å². The van der Waals surface area contributed by atoms with Crippen molar-refractivity contribution in [2.45, 2.75) is 19.1 Å². The molecule has 0 spiro atoms. The first-order valence-electron chi connectivity index (χ1n) is 6.16. The standard InChI is InChI=1S/C14H16F3N3/c1-9-6-10(14(15,16)17)4-5-11(9)13(18-2)12-7-19-8-20(12)3/h4-8,13,18H,1-3H3. The molecule has 0 fully saturated rings. The summed E-state index contributed by atoms with van der Waals surface area (Å²) in [6.07, 6.45) is -0.942. The summed E-state index contributed by atoms with van der Waals surface area (Å²) >= 11 is 0. The van der Waals surface area contributed by atoms with Gasteiger partial charge in [-0.05, 0) is 37.2 Å². The Hall–Kier alpha value is -1.82. The Bertz CT molecular complexity index is 602. The molecular formula is C14H16F3N3. The molecule has 0 radical (unpaired) electrons. The smallest absolute Gasteiger partial charge is 0.336 e. The highest BCUT2D eigenvalue weighted by molar-refractivity contribution is 5.38. The van der Waals surface area contributed by atoms with Crippen LogP contribution in [0.25, 0.3) is 0 Å². The topological polar surface area (TPSA) is 29.9 Å². The minimum Gasteiger partial charge on any atom is -0.336 e. The molecule has 0 aliphatic rings. The highest BCUT2D eigenvalue weighted by Crippen LogP contribution is 2.32. The Morgan fingerprint density at radius 2 is 2.00 bits per heavy atom. The summed E-state index contributed by atoms with van der Waals surface area (Å²) in [5.74, 6) is 0. The molecule has 0 aliphatic heterocycles. The van der Waals surface area contributed by atoms with Gasteiger partial charge >= 0.3 is 6.18 Å². The summed E-state index contributed by atoms with van der Waals surface area (Å²) in [6, 6.07) is 3.62. The Morgan fingerprint density at radius 1 is 1.30 bits per heavy atom. The number of nitrogens with one attached hydrogen (secondary N) is 1. The first-order chi connectivity index (χ1) is 9.34. The number of halogens is 3. The minimum absolute atomic E-state index is 0.190. The van der Waals surface area contributed by atoms with Gasteiger partial charge in [0.2, 0.25) is 0 Å². The lowest BCUT2D eigenvalue weighted by molar-refractivity contribution is -0.137. The quantitative estimate of drug-likeness (QED) is 0.938. The molecule has 1 aromatic carbocycles. The molecule has 0 saturated heterocycles. The van der Waals surface area contributed by atoms with Gasteiger partial charge in [0.25, 0.3) is 0 Å². The largest absolute Gasteiger partial charge is 0.416 e. The van der Waals surface area contributed by atoms with Crippen LogP contribution in [0.3, 0.4) is 0 Å². The molecule has 108 valence electrons. The van der Waals surface area contributed by atoms with Crippen molar-refractivity contribution in [2.24, 2.45) is 7.05 Å². The number of benzene rings is 1. The van der Waals surface area contributed by atoms with Gasteiger partial charge in [-0.3, -0.25) is 0 Å². The molecule has 3 nitrogen and oxygen atoms in total. The molecule has 2 rings (SSSR count). The average Bonchev–Trinajstić information content (AvgIpc) is 2.77. The monoisotopic (exact) mass is 283 g/mol. The summed E-state index contributed by atoms with van der Waals surface area (Å²) in [5, 5.41) is 3.12. The Balaban J connectivity index is 2.44. The first-order valence-corrected chi connectivity index (χ1v) is 6.16. The van der Waals surface area contributed by atoms with Crippen molar-refractivity contribution in [3.8, 4) is 0 Å². The maximum atomic E-state index is 12.7. The zero-order valence-electron chi connectivity index (χ0n) is 11.5. The van der Waals surface area contributed by atoms with E-state index in [9.17, 15) is 13.2 Å². The lowest BCUT2D eigenvalue weighted by Crippen LogP contribution is -2.21. The van der Waals surface area contributed by atoms with E-state index in [0.29, 0.717) is 5.56 Å². The second-order valence-corrected chi connectivity index (χ2v) is 4.72. The molecule has 1 N–H and O–H groups in total. The van der Waals surface area contributed by atoms with Crippen LogP contribution in [0, 0.1) is 6.92 Å². The molecule has 1 unspecified atom stereocenters. The fourth-order valence-corrected chi connectivity index (χ4v) is 2.28. The zero-order valence-corrected chi connectivity index (χ0v) is 11.5. The van der Waals surface area contributed by atoms with Crippen LogP contribution in [0.4, 0.5) is 13.2 Å². The molecule has 2 aromatic rings. The number of alkyl halides is 3. The van der Waals surface area contributed by atoms with Crippen molar-refractivity contribution >= 4 is 0 Å². The third kappa shape index (κ3) is 2.70. The lowest BCUT2D eigenvalue weighted by Gasteiger charge is -2.20. The van der Waals surface area contributed by atoms with Gasteiger partial charge in [0, 0.05) is 7.05 Å². The first kappa shape index (κ1) is 14.6. The molecular weight excluding hydrogens is 267 g/mol. The number of aromatic nitrogens is 2. The number of nitrogens with zero attached hydrogens (tertiary/aromatic N) is 2. The SMILES string of the molecule is CNC(c1ccc(C(F)(F)F)cc1C)c1cncn1C. The average molecular weight is 283 g/mol. The highest BCUT2D eigenvalue weighted by atomic mass is 19.4. The molecule has 6 heteroatoms. The summed E-state index contributed by atoms with van der Waals surface area (Å²) in [6.45, 7) is 1.69. The van der Waals surface area contributed by atoms with E-state index in [1.807, 2.05) is 11.6 Å². The van der Waals surface area contributed by atoms with Gasteiger partial charge in [0.1, 0.15) is 0 Å². The molecule has 1 atom stereocenters. The highest BCUT2D eigenvalue weighted by Gasteiger charge is 2.31. The van der Waals surface area contributed by atoms with Crippen LogP contribution >= 0.6 is 0 Å². The van der Waals surface area contributed by atoms with Crippen molar-refractivity contribution in [1.82, 2.24) is 14.9 Å². The summed E-state index contributed by atoms with van der Waals surface area (Å²) < 4.78 is 39.9. The lowest BCUT2D eigenvalue weighted by atomic mass is 9.97. The molecule has 20 heavy (non-hydrogen) atoms. The maximum absolute atomic E-state index is 12.7. The number of hydrogen-bond donors (Lipinski definition) is 1.